The maximum Gasteiger partial charge on any atom is 0.519 e. The molecule has 1 saturated carbocycles. The van der Waals surface area contributed by atoms with E-state index in [1.807, 2.05) is 60.4 Å². The summed E-state index contributed by atoms with van der Waals surface area (Å²) in [5, 5.41) is 0.738. The highest BCUT2D eigenvalue weighted by Gasteiger charge is 2.44. The number of carbonyl (C=O) groups is 3. The lowest BCUT2D eigenvalue weighted by Gasteiger charge is -2.35. The summed E-state index contributed by atoms with van der Waals surface area (Å²) in [6.45, 7) is 3.43. The van der Waals surface area contributed by atoms with E-state index >= 15 is 0 Å². The first-order valence-corrected chi connectivity index (χ1v) is 16.0. The van der Waals surface area contributed by atoms with Gasteiger partial charge in [0.25, 0.3) is 0 Å². The molecule has 4 aromatic rings. The average Bonchev–Trinajstić information content (AvgIpc) is 3.79. The van der Waals surface area contributed by atoms with Crippen LogP contribution in [0.15, 0.2) is 68.2 Å². The fourth-order valence-electron chi connectivity index (χ4n) is 7.21. The quantitative estimate of drug-likeness (QED) is 0.204. The monoisotopic (exact) mass is 630 g/mol. The van der Waals surface area contributed by atoms with Crippen LogP contribution in [0.2, 0.25) is 0 Å². The second-order valence-electron chi connectivity index (χ2n) is 12.8. The van der Waals surface area contributed by atoms with Crippen molar-refractivity contribution in [3.63, 3.8) is 0 Å². The van der Waals surface area contributed by atoms with Crippen LogP contribution in [0.4, 0.5) is 4.39 Å². The normalized spacial score (nSPS) is 22.2. The van der Waals surface area contributed by atoms with Gasteiger partial charge in [-0.25, -0.2) is 9.59 Å². The van der Waals surface area contributed by atoms with Crippen LogP contribution in [-0.4, -0.2) is 46.8 Å². The number of nitrogens with zero attached hydrogens (tertiary/aromatic N) is 1. The van der Waals surface area contributed by atoms with Gasteiger partial charge >= 0.3 is 11.8 Å². The fourth-order valence-corrected chi connectivity index (χ4v) is 7.21. The second kappa shape index (κ2) is 13.5. The third-order valence-corrected chi connectivity index (χ3v) is 9.86. The summed E-state index contributed by atoms with van der Waals surface area (Å²) in [7, 11) is 0. The number of likely N-dealkylation sites (tertiary alicyclic amines) is 1. The molecule has 242 valence electrons. The minimum atomic E-state index is -0.858. The third kappa shape index (κ3) is 6.57. The van der Waals surface area contributed by atoms with Gasteiger partial charge in [0.1, 0.15) is 5.69 Å². The van der Waals surface area contributed by atoms with Crippen LogP contribution in [0, 0.1) is 24.7 Å². The van der Waals surface area contributed by atoms with Crippen molar-refractivity contribution in [3.8, 4) is 0 Å². The number of esters is 1. The van der Waals surface area contributed by atoms with E-state index in [0.29, 0.717) is 24.4 Å². The number of ketones is 1. The van der Waals surface area contributed by atoms with Gasteiger partial charge in [0.15, 0.2) is 23.9 Å². The second-order valence-corrected chi connectivity index (χ2v) is 12.8. The molecule has 0 spiro atoms. The Kier molecular flexibility index (Phi) is 9.24. The van der Waals surface area contributed by atoms with Crippen LogP contribution in [0.25, 0.3) is 10.9 Å². The summed E-state index contributed by atoms with van der Waals surface area (Å²) < 4.78 is 28.2. The Bertz CT molecular complexity index is 1770. The van der Waals surface area contributed by atoms with Crippen molar-refractivity contribution >= 4 is 28.6 Å². The minimum Gasteiger partial charge on any atom is -0.453 e. The number of nitrogens with one attached hydrogen (secondary N) is 1. The predicted octanol–water partition coefficient (Wildman–Crippen LogP) is 6.29. The van der Waals surface area contributed by atoms with Gasteiger partial charge in [0.05, 0.1) is 12.7 Å². The maximum atomic E-state index is 14.1. The minimum absolute atomic E-state index is 0.00853. The number of benzene rings is 2. The number of halogens is 1. The Morgan fingerprint density at radius 3 is 2.48 bits per heavy atom. The molecule has 1 N–H and O–H groups in total. The zero-order chi connectivity index (χ0) is 32.4. The van der Waals surface area contributed by atoms with Crippen molar-refractivity contribution in [1.82, 2.24) is 9.88 Å². The molecule has 46 heavy (non-hydrogen) atoms. The zero-order valence-corrected chi connectivity index (χ0v) is 26.1. The lowest BCUT2D eigenvalue weighted by Crippen LogP contribution is -2.46. The van der Waals surface area contributed by atoms with Crippen molar-refractivity contribution in [1.29, 1.82) is 0 Å². The molecule has 2 aromatic heterocycles. The summed E-state index contributed by atoms with van der Waals surface area (Å²) in [5.41, 5.74) is 2.74. The Labute approximate surface area is 266 Å². The van der Waals surface area contributed by atoms with Crippen molar-refractivity contribution in [2.24, 2.45) is 17.8 Å². The number of ether oxygens (including phenoxy) is 1. The fraction of sp³-hybridized carbons (Fsp3) is 0.444. The highest BCUT2D eigenvalue weighted by Crippen LogP contribution is 2.39. The molecule has 6 rings (SSSR count). The molecule has 2 aliphatic rings. The lowest BCUT2D eigenvalue weighted by atomic mass is 9.76. The number of aromatic nitrogens is 1. The Morgan fingerprint density at radius 1 is 1.02 bits per heavy atom. The average molecular weight is 631 g/mol. The van der Waals surface area contributed by atoms with Gasteiger partial charge in [-0.3, -0.25) is 14.0 Å². The number of alkyl halides is 1. The number of hydrogen-bond acceptors (Lipinski definition) is 7. The van der Waals surface area contributed by atoms with Crippen LogP contribution < -0.4 is 5.82 Å². The van der Waals surface area contributed by atoms with Gasteiger partial charge in [0.2, 0.25) is 5.91 Å². The first-order chi connectivity index (χ1) is 22.2. The van der Waals surface area contributed by atoms with Gasteiger partial charge in [-0.1, -0.05) is 43.3 Å². The SMILES string of the molecule is Cc1oc(=O)oc1COC(=O)c1cc2cc(CC(=O)[C@@H]3[C@@H](c4ccccc4)CCN3C(=O)C3CCC([C@H](C)CF)CC3)ccc2[nH]1. The molecule has 9 nitrogen and oxygen atoms in total. The Balaban J connectivity index is 1.17. The van der Waals surface area contributed by atoms with Gasteiger partial charge in [-0.15, -0.1) is 0 Å². The molecule has 1 aliphatic carbocycles. The number of Topliss-reactive ketones (excluding diaryl/α,β-unsaturated/α-hetero) is 1. The summed E-state index contributed by atoms with van der Waals surface area (Å²) in [4.78, 5) is 56.8. The van der Waals surface area contributed by atoms with Crippen LogP contribution in [0.5, 0.6) is 0 Å². The predicted molar refractivity (Wildman–Crippen MR) is 168 cm³/mol. The largest absolute Gasteiger partial charge is 0.519 e. The first-order valence-electron chi connectivity index (χ1n) is 16.0. The van der Waals surface area contributed by atoms with E-state index in [4.69, 9.17) is 13.6 Å². The molecule has 0 bridgehead atoms. The highest BCUT2D eigenvalue weighted by molar-refractivity contribution is 5.96. The molecule has 3 heterocycles. The molecule has 1 amide bonds. The molecule has 3 atom stereocenters. The van der Waals surface area contributed by atoms with Crippen molar-refractivity contribution in [2.75, 3.05) is 13.2 Å². The van der Waals surface area contributed by atoms with Gasteiger partial charge in [-0.05, 0) is 80.2 Å². The van der Waals surface area contributed by atoms with E-state index in [0.717, 1.165) is 42.2 Å². The number of fused-ring (bicyclic) bond motifs is 1. The van der Waals surface area contributed by atoms with E-state index < -0.39 is 17.8 Å². The van der Waals surface area contributed by atoms with E-state index in [9.17, 15) is 23.6 Å². The molecular formula is C36H39FN2O7. The molecule has 1 aliphatic heterocycles. The van der Waals surface area contributed by atoms with E-state index in [1.165, 1.54) is 0 Å². The number of amides is 1. The summed E-state index contributed by atoms with van der Waals surface area (Å²) in [6.07, 6.45) is 3.98. The van der Waals surface area contributed by atoms with Gasteiger partial charge in [-0.2, -0.15) is 0 Å². The third-order valence-electron chi connectivity index (χ3n) is 9.86. The maximum absolute atomic E-state index is 14.1. The Hall–Kier alpha value is -4.47. The van der Waals surface area contributed by atoms with Crippen LogP contribution in [0.1, 0.15) is 78.1 Å². The number of carbonyl (C=O) groups excluding carboxylic acids is 3. The molecule has 10 heteroatoms. The number of aryl methyl sites for hydroxylation is 1. The van der Waals surface area contributed by atoms with E-state index in [-0.39, 0.29) is 66.4 Å². The molecular weight excluding hydrogens is 591 g/mol. The summed E-state index contributed by atoms with van der Waals surface area (Å²) >= 11 is 0. The lowest BCUT2D eigenvalue weighted by molar-refractivity contribution is -0.142. The van der Waals surface area contributed by atoms with E-state index in [1.54, 1.807) is 13.0 Å². The smallest absolute Gasteiger partial charge is 0.453 e. The zero-order valence-electron chi connectivity index (χ0n) is 26.1. The standard InChI is InChI=1S/C36H39FN2O7/c1-21(19-37)24-9-11-26(12-10-24)34(41)39-15-14-28(25-6-4-3-5-7-25)33(39)31(40)17-23-8-13-29-27(16-23)18-30(38-29)35(42)44-20-32-22(2)45-36(43)46-32/h3-8,13,16,18,21,24,26,28,33,38H,9-12,14-15,17,19-20H2,1-2H3/t21-,24?,26?,28-,33+/m1/s1. The summed E-state index contributed by atoms with van der Waals surface area (Å²) in [6, 6.07) is 16.5. The molecule has 2 fully saturated rings. The van der Waals surface area contributed by atoms with Crippen LogP contribution in [-0.2, 0) is 27.4 Å². The van der Waals surface area contributed by atoms with Crippen LogP contribution in [0.3, 0.4) is 0 Å². The van der Waals surface area contributed by atoms with Gasteiger partial charge in [0, 0.05) is 35.7 Å². The molecule has 2 aromatic carbocycles. The molecule has 0 unspecified atom stereocenters. The highest BCUT2D eigenvalue weighted by atomic mass is 19.1. The molecule has 1 saturated heterocycles. The van der Waals surface area contributed by atoms with Crippen molar-refractivity contribution < 1.29 is 32.3 Å². The first kappa shape index (κ1) is 31.5. The molecule has 0 radical (unpaired) electrons. The van der Waals surface area contributed by atoms with Crippen LogP contribution >= 0.6 is 0 Å². The Morgan fingerprint density at radius 2 is 1.78 bits per heavy atom. The van der Waals surface area contributed by atoms with Gasteiger partial charge < -0.3 is 23.5 Å². The number of H-pyrrole nitrogens is 1. The van der Waals surface area contributed by atoms with Crippen molar-refractivity contribution in [3.05, 3.63) is 93.6 Å². The summed E-state index contributed by atoms with van der Waals surface area (Å²) in [5.74, 6) is -1.01. The van der Waals surface area contributed by atoms with Crippen molar-refractivity contribution in [2.45, 2.75) is 70.9 Å². The van der Waals surface area contributed by atoms with E-state index in [2.05, 4.69) is 4.98 Å². The number of rotatable bonds is 10. The number of hydrogen-bond donors (Lipinski definition) is 1. The number of aromatic amines is 1. The topological polar surface area (TPSA) is 123 Å².